The quantitative estimate of drug-likeness (QED) is 0.511. The van der Waals surface area contributed by atoms with Crippen molar-refractivity contribution in [1.29, 1.82) is 0 Å². The lowest BCUT2D eigenvalue weighted by Crippen LogP contribution is -2.16. The summed E-state index contributed by atoms with van der Waals surface area (Å²) < 4.78 is 0. The maximum absolute atomic E-state index is 8.53. The number of hydrogen-bond donors (Lipinski definition) is 2. The zero-order valence-electron chi connectivity index (χ0n) is 5.01. The number of nitrogens with two attached hydrogens (primary N) is 1. The van der Waals surface area contributed by atoms with Crippen LogP contribution in [0.3, 0.4) is 0 Å². The van der Waals surface area contributed by atoms with Crippen LogP contribution in [0.25, 0.3) is 0 Å². The second kappa shape index (κ2) is 4.81. The van der Waals surface area contributed by atoms with E-state index >= 15 is 0 Å². The standard InChI is InChI=1S/C6H13NO/c1-2-3-6(4-7)5-8/h2,6,8H,1,3-5,7H2. The third-order valence-corrected chi connectivity index (χ3v) is 1.09. The Hall–Kier alpha value is -0.340. The topological polar surface area (TPSA) is 46.2 Å². The van der Waals surface area contributed by atoms with E-state index in [-0.39, 0.29) is 12.5 Å². The molecule has 2 heteroatoms. The molecule has 0 aliphatic rings. The summed E-state index contributed by atoms with van der Waals surface area (Å²) in [6.45, 7) is 4.24. The van der Waals surface area contributed by atoms with E-state index in [4.69, 9.17) is 10.8 Å². The minimum absolute atomic E-state index is 0.169. The van der Waals surface area contributed by atoms with Gasteiger partial charge in [0.1, 0.15) is 0 Å². The molecule has 0 fully saturated rings. The van der Waals surface area contributed by atoms with Crippen LogP contribution in [0, 0.1) is 5.92 Å². The molecule has 0 spiro atoms. The lowest BCUT2D eigenvalue weighted by atomic mass is 10.1. The number of hydrogen-bond acceptors (Lipinski definition) is 2. The van der Waals surface area contributed by atoms with Crippen LogP contribution in [0.4, 0.5) is 0 Å². The highest BCUT2D eigenvalue weighted by molar-refractivity contribution is 4.72. The summed E-state index contributed by atoms with van der Waals surface area (Å²) in [5.41, 5.74) is 5.26. The molecule has 8 heavy (non-hydrogen) atoms. The summed E-state index contributed by atoms with van der Waals surface area (Å²) in [4.78, 5) is 0. The van der Waals surface area contributed by atoms with Crippen molar-refractivity contribution in [2.75, 3.05) is 13.2 Å². The van der Waals surface area contributed by atoms with Crippen molar-refractivity contribution in [3.8, 4) is 0 Å². The maximum Gasteiger partial charge on any atom is 0.0474 e. The fourth-order valence-electron chi connectivity index (χ4n) is 0.481. The van der Waals surface area contributed by atoms with Crippen molar-refractivity contribution in [2.45, 2.75) is 6.42 Å². The first kappa shape index (κ1) is 7.66. The molecule has 0 aromatic heterocycles. The summed E-state index contributed by atoms with van der Waals surface area (Å²) in [6.07, 6.45) is 2.58. The maximum atomic E-state index is 8.53. The van der Waals surface area contributed by atoms with Crippen LogP contribution in [0.5, 0.6) is 0 Å². The van der Waals surface area contributed by atoms with Gasteiger partial charge in [0.2, 0.25) is 0 Å². The lowest BCUT2D eigenvalue weighted by Gasteiger charge is -2.05. The van der Waals surface area contributed by atoms with Crippen molar-refractivity contribution in [2.24, 2.45) is 11.7 Å². The van der Waals surface area contributed by atoms with Gasteiger partial charge in [0, 0.05) is 6.61 Å². The van der Waals surface area contributed by atoms with E-state index in [9.17, 15) is 0 Å². The van der Waals surface area contributed by atoms with Crippen LogP contribution in [-0.4, -0.2) is 18.3 Å². The minimum Gasteiger partial charge on any atom is -0.396 e. The molecule has 48 valence electrons. The summed E-state index contributed by atoms with van der Waals surface area (Å²) in [5.74, 6) is 0.215. The largest absolute Gasteiger partial charge is 0.396 e. The van der Waals surface area contributed by atoms with Gasteiger partial charge < -0.3 is 10.8 Å². The molecular weight excluding hydrogens is 102 g/mol. The molecule has 0 radical (unpaired) electrons. The monoisotopic (exact) mass is 115 g/mol. The number of aliphatic hydroxyl groups excluding tert-OH is 1. The zero-order valence-corrected chi connectivity index (χ0v) is 5.01. The molecule has 0 aromatic carbocycles. The van der Waals surface area contributed by atoms with Gasteiger partial charge in [-0.25, -0.2) is 0 Å². The summed E-state index contributed by atoms with van der Waals surface area (Å²) in [5, 5.41) is 8.53. The molecule has 0 aliphatic heterocycles. The minimum atomic E-state index is 0.169. The Balaban J connectivity index is 3.20. The second-order valence-electron chi connectivity index (χ2n) is 1.81. The third kappa shape index (κ3) is 2.77. The Labute approximate surface area is 50.0 Å². The molecule has 0 saturated carbocycles. The Morgan fingerprint density at radius 2 is 2.38 bits per heavy atom. The SMILES string of the molecule is C=CCC(CN)CO. The normalized spacial score (nSPS) is 13.2. The van der Waals surface area contributed by atoms with Crippen LogP contribution in [0.15, 0.2) is 12.7 Å². The molecule has 0 aromatic rings. The average molecular weight is 115 g/mol. The third-order valence-electron chi connectivity index (χ3n) is 1.09. The first-order chi connectivity index (χ1) is 3.85. The highest BCUT2D eigenvalue weighted by Gasteiger charge is 1.99. The molecule has 0 heterocycles. The van der Waals surface area contributed by atoms with Gasteiger partial charge in [-0.05, 0) is 18.9 Å². The van der Waals surface area contributed by atoms with E-state index < -0.39 is 0 Å². The number of aliphatic hydroxyl groups is 1. The molecule has 1 unspecified atom stereocenters. The highest BCUT2D eigenvalue weighted by atomic mass is 16.3. The molecule has 0 rings (SSSR count). The van der Waals surface area contributed by atoms with Gasteiger partial charge in [-0.15, -0.1) is 6.58 Å². The van der Waals surface area contributed by atoms with E-state index in [2.05, 4.69) is 6.58 Å². The lowest BCUT2D eigenvalue weighted by molar-refractivity contribution is 0.232. The van der Waals surface area contributed by atoms with Crippen LogP contribution in [-0.2, 0) is 0 Å². The fraction of sp³-hybridized carbons (Fsp3) is 0.667. The Kier molecular flexibility index (Phi) is 4.61. The summed E-state index contributed by atoms with van der Waals surface area (Å²) >= 11 is 0. The average Bonchev–Trinajstić information content (AvgIpc) is 1.83. The molecule has 0 aliphatic carbocycles. The second-order valence-corrected chi connectivity index (χ2v) is 1.81. The van der Waals surface area contributed by atoms with Gasteiger partial charge in [-0.2, -0.15) is 0 Å². The van der Waals surface area contributed by atoms with Gasteiger partial charge in [-0.1, -0.05) is 6.08 Å². The number of rotatable bonds is 4. The van der Waals surface area contributed by atoms with E-state index in [0.717, 1.165) is 6.42 Å². The van der Waals surface area contributed by atoms with Crippen molar-refractivity contribution >= 4 is 0 Å². The fourth-order valence-corrected chi connectivity index (χ4v) is 0.481. The summed E-state index contributed by atoms with van der Waals surface area (Å²) in [7, 11) is 0. The Morgan fingerprint density at radius 1 is 1.75 bits per heavy atom. The van der Waals surface area contributed by atoms with Crippen molar-refractivity contribution in [1.82, 2.24) is 0 Å². The van der Waals surface area contributed by atoms with E-state index in [1.165, 1.54) is 0 Å². The Morgan fingerprint density at radius 3 is 2.50 bits per heavy atom. The molecule has 0 bridgehead atoms. The van der Waals surface area contributed by atoms with Gasteiger partial charge in [0.15, 0.2) is 0 Å². The molecule has 1 atom stereocenters. The predicted molar refractivity (Wildman–Crippen MR) is 34.4 cm³/mol. The number of allylic oxidation sites excluding steroid dienone is 1. The first-order valence-corrected chi connectivity index (χ1v) is 2.77. The highest BCUT2D eigenvalue weighted by Crippen LogP contribution is 1.97. The van der Waals surface area contributed by atoms with Gasteiger partial charge in [-0.3, -0.25) is 0 Å². The van der Waals surface area contributed by atoms with Crippen LogP contribution in [0.1, 0.15) is 6.42 Å². The van der Waals surface area contributed by atoms with Crippen LogP contribution in [0.2, 0.25) is 0 Å². The predicted octanol–water partition coefficient (Wildman–Crippen LogP) is 0.130. The molecule has 0 amide bonds. The smallest absolute Gasteiger partial charge is 0.0474 e. The van der Waals surface area contributed by atoms with E-state index in [1.807, 2.05) is 0 Å². The van der Waals surface area contributed by atoms with Gasteiger partial charge in [0.05, 0.1) is 0 Å². The van der Waals surface area contributed by atoms with E-state index in [1.54, 1.807) is 6.08 Å². The Bertz CT molecular complexity index is 59.5. The van der Waals surface area contributed by atoms with Crippen LogP contribution < -0.4 is 5.73 Å². The van der Waals surface area contributed by atoms with Crippen LogP contribution >= 0.6 is 0 Å². The van der Waals surface area contributed by atoms with Crippen molar-refractivity contribution in [3.63, 3.8) is 0 Å². The van der Waals surface area contributed by atoms with E-state index in [0.29, 0.717) is 6.54 Å². The van der Waals surface area contributed by atoms with Gasteiger partial charge in [0.25, 0.3) is 0 Å². The molecule has 2 nitrogen and oxygen atoms in total. The summed E-state index contributed by atoms with van der Waals surface area (Å²) in [6, 6.07) is 0. The zero-order chi connectivity index (χ0) is 6.41. The molecule has 0 saturated heterocycles. The van der Waals surface area contributed by atoms with Gasteiger partial charge >= 0.3 is 0 Å². The first-order valence-electron chi connectivity index (χ1n) is 2.77. The van der Waals surface area contributed by atoms with Crippen molar-refractivity contribution in [3.05, 3.63) is 12.7 Å². The molecular formula is C6H13NO. The molecule has 3 N–H and O–H groups in total. The van der Waals surface area contributed by atoms with Crippen molar-refractivity contribution < 1.29 is 5.11 Å².